The lowest BCUT2D eigenvalue weighted by Gasteiger charge is -2.17. The first-order valence-corrected chi connectivity index (χ1v) is 11.4. The number of rotatable bonds is 11. The van der Waals surface area contributed by atoms with E-state index >= 15 is 0 Å². The van der Waals surface area contributed by atoms with E-state index < -0.39 is 5.63 Å². The third-order valence-electron chi connectivity index (χ3n) is 5.93. The number of benzene rings is 2. The zero-order valence-electron chi connectivity index (χ0n) is 19.4. The molecule has 3 rings (SSSR count). The van der Waals surface area contributed by atoms with Gasteiger partial charge in [0.2, 0.25) is 0 Å². The second kappa shape index (κ2) is 11.0. The van der Waals surface area contributed by atoms with Crippen LogP contribution in [-0.2, 0) is 0 Å². The SMILES string of the molecule is CCCCCC(CCC)c1ccc(C(=O)c2cc3c(OC)cc(OC)cc3oc2=O)cc1. The quantitative estimate of drug-likeness (QED) is 0.195. The van der Waals surface area contributed by atoms with Gasteiger partial charge in [-0.15, -0.1) is 0 Å². The van der Waals surface area contributed by atoms with Crippen LogP contribution in [0.3, 0.4) is 0 Å². The van der Waals surface area contributed by atoms with Crippen LogP contribution >= 0.6 is 0 Å². The Balaban J connectivity index is 1.91. The van der Waals surface area contributed by atoms with Crippen LogP contribution in [0.1, 0.15) is 79.8 Å². The van der Waals surface area contributed by atoms with Crippen molar-refractivity contribution in [3.63, 3.8) is 0 Å². The number of unbranched alkanes of at least 4 members (excludes halogenated alkanes) is 2. The highest BCUT2D eigenvalue weighted by Gasteiger charge is 2.19. The molecular weight excluding hydrogens is 404 g/mol. The van der Waals surface area contributed by atoms with E-state index in [-0.39, 0.29) is 11.3 Å². The van der Waals surface area contributed by atoms with Crippen LogP contribution < -0.4 is 15.1 Å². The third-order valence-corrected chi connectivity index (χ3v) is 5.93. The zero-order chi connectivity index (χ0) is 23.1. The molecule has 0 fully saturated rings. The molecule has 1 heterocycles. The van der Waals surface area contributed by atoms with E-state index in [4.69, 9.17) is 13.9 Å². The van der Waals surface area contributed by atoms with Crippen LogP contribution in [0.4, 0.5) is 0 Å². The predicted molar refractivity (Wildman–Crippen MR) is 127 cm³/mol. The third kappa shape index (κ3) is 5.21. The molecule has 0 aliphatic rings. The van der Waals surface area contributed by atoms with E-state index in [0.29, 0.717) is 33.9 Å². The van der Waals surface area contributed by atoms with Gasteiger partial charge in [0.15, 0.2) is 5.78 Å². The van der Waals surface area contributed by atoms with E-state index in [1.807, 2.05) is 24.3 Å². The molecule has 0 aliphatic carbocycles. The summed E-state index contributed by atoms with van der Waals surface area (Å²) in [5.41, 5.74) is 1.34. The largest absolute Gasteiger partial charge is 0.496 e. The van der Waals surface area contributed by atoms with Crippen LogP contribution in [0.5, 0.6) is 11.5 Å². The lowest BCUT2D eigenvalue weighted by atomic mass is 9.88. The second-order valence-electron chi connectivity index (χ2n) is 8.12. The van der Waals surface area contributed by atoms with Crippen molar-refractivity contribution >= 4 is 16.8 Å². The molecule has 2 aromatic carbocycles. The molecule has 170 valence electrons. The number of hydrogen-bond donors (Lipinski definition) is 0. The number of ether oxygens (including phenoxy) is 2. The van der Waals surface area contributed by atoms with Crippen molar-refractivity contribution in [2.45, 2.75) is 58.3 Å². The second-order valence-corrected chi connectivity index (χ2v) is 8.12. The van der Waals surface area contributed by atoms with Crippen molar-refractivity contribution in [3.05, 3.63) is 69.6 Å². The molecule has 0 radical (unpaired) electrons. The lowest BCUT2D eigenvalue weighted by Crippen LogP contribution is -2.15. The van der Waals surface area contributed by atoms with Crippen molar-refractivity contribution in [1.29, 1.82) is 0 Å². The zero-order valence-corrected chi connectivity index (χ0v) is 19.4. The smallest absolute Gasteiger partial charge is 0.347 e. The Hall–Kier alpha value is -3.08. The van der Waals surface area contributed by atoms with Crippen molar-refractivity contribution in [2.75, 3.05) is 14.2 Å². The standard InChI is InChI=1S/C27H32O5/c1-5-7-8-10-18(9-6-2)19-11-13-20(14-12-19)26(28)23-17-22-24(31-4)15-21(30-3)16-25(22)32-27(23)29/h11-18H,5-10H2,1-4H3. The number of methoxy groups -OCH3 is 2. The van der Waals surface area contributed by atoms with Gasteiger partial charge in [0.25, 0.3) is 0 Å². The first kappa shape index (κ1) is 23.6. The van der Waals surface area contributed by atoms with Crippen LogP contribution in [-0.4, -0.2) is 20.0 Å². The summed E-state index contributed by atoms with van der Waals surface area (Å²) in [5, 5.41) is 0.548. The number of ketones is 1. The normalized spacial score (nSPS) is 12.0. The molecule has 1 aromatic heterocycles. The number of hydrogen-bond acceptors (Lipinski definition) is 5. The molecule has 5 heteroatoms. The molecule has 0 N–H and O–H groups in total. The highest BCUT2D eigenvalue weighted by atomic mass is 16.5. The van der Waals surface area contributed by atoms with Gasteiger partial charge in [0.05, 0.1) is 19.6 Å². The van der Waals surface area contributed by atoms with Gasteiger partial charge in [-0.25, -0.2) is 4.79 Å². The van der Waals surface area contributed by atoms with E-state index in [1.54, 1.807) is 18.2 Å². The summed E-state index contributed by atoms with van der Waals surface area (Å²) in [5.74, 6) is 1.12. The van der Waals surface area contributed by atoms with Gasteiger partial charge < -0.3 is 13.9 Å². The van der Waals surface area contributed by atoms with Crippen LogP contribution in [0.25, 0.3) is 11.0 Å². The number of carbonyl (C=O) groups is 1. The van der Waals surface area contributed by atoms with Gasteiger partial charge in [-0.05, 0) is 30.4 Å². The molecule has 1 unspecified atom stereocenters. The Kier molecular flexibility index (Phi) is 8.09. The van der Waals surface area contributed by atoms with E-state index in [0.717, 1.165) is 19.3 Å². The summed E-state index contributed by atoms with van der Waals surface area (Å²) in [6, 6.07) is 12.5. The minimum atomic E-state index is -0.676. The van der Waals surface area contributed by atoms with Gasteiger partial charge in [0.1, 0.15) is 22.6 Å². The summed E-state index contributed by atoms with van der Waals surface area (Å²) < 4.78 is 16.1. The van der Waals surface area contributed by atoms with Gasteiger partial charge in [0, 0.05) is 17.7 Å². The molecule has 1 atom stereocenters. The highest BCUT2D eigenvalue weighted by Crippen LogP contribution is 2.32. The summed E-state index contributed by atoms with van der Waals surface area (Å²) in [6.45, 7) is 4.41. The maximum atomic E-state index is 13.1. The van der Waals surface area contributed by atoms with Crippen LogP contribution in [0, 0.1) is 0 Å². The monoisotopic (exact) mass is 436 g/mol. The topological polar surface area (TPSA) is 65.7 Å². The van der Waals surface area contributed by atoms with Gasteiger partial charge in [-0.1, -0.05) is 63.8 Å². The Morgan fingerprint density at radius 1 is 0.938 bits per heavy atom. The maximum Gasteiger partial charge on any atom is 0.347 e. The van der Waals surface area contributed by atoms with Gasteiger partial charge >= 0.3 is 5.63 Å². The molecule has 5 nitrogen and oxygen atoms in total. The van der Waals surface area contributed by atoms with E-state index in [2.05, 4.69) is 13.8 Å². The molecule has 32 heavy (non-hydrogen) atoms. The first-order valence-electron chi connectivity index (χ1n) is 11.4. The molecule has 0 spiro atoms. The fraction of sp³-hybridized carbons (Fsp3) is 0.407. The molecular formula is C27H32O5. The maximum absolute atomic E-state index is 13.1. The minimum Gasteiger partial charge on any atom is -0.496 e. The average molecular weight is 437 g/mol. The van der Waals surface area contributed by atoms with Crippen molar-refractivity contribution in [2.24, 2.45) is 0 Å². The number of carbonyl (C=O) groups excluding carboxylic acids is 1. The highest BCUT2D eigenvalue weighted by molar-refractivity contribution is 6.10. The Bertz CT molecular complexity index is 1110. The van der Waals surface area contributed by atoms with Gasteiger partial charge in [-0.2, -0.15) is 0 Å². The molecule has 0 amide bonds. The molecule has 3 aromatic rings. The Labute approximate surface area is 189 Å². The fourth-order valence-corrected chi connectivity index (χ4v) is 4.14. The number of fused-ring (bicyclic) bond motifs is 1. The fourth-order valence-electron chi connectivity index (χ4n) is 4.14. The average Bonchev–Trinajstić information content (AvgIpc) is 2.82. The first-order chi connectivity index (χ1) is 15.5. The molecule has 0 saturated heterocycles. The van der Waals surface area contributed by atoms with Crippen molar-refractivity contribution in [1.82, 2.24) is 0 Å². The summed E-state index contributed by atoms with van der Waals surface area (Å²) in [6.07, 6.45) is 7.08. The van der Waals surface area contributed by atoms with E-state index in [1.165, 1.54) is 39.0 Å². The molecule has 0 aliphatic heterocycles. The molecule has 0 bridgehead atoms. The van der Waals surface area contributed by atoms with E-state index in [9.17, 15) is 9.59 Å². The Morgan fingerprint density at radius 2 is 1.69 bits per heavy atom. The van der Waals surface area contributed by atoms with Gasteiger partial charge in [-0.3, -0.25) is 4.79 Å². The summed E-state index contributed by atoms with van der Waals surface area (Å²) >= 11 is 0. The summed E-state index contributed by atoms with van der Waals surface area (Å²) in [7, 11) is 3.04. The summed E-state index contributed by atoms with van der Waals surface area (Å²) in [4.78, 5) is 25.7. The molecule has 0 saturated carbocycles. The van der Waals surface area contributed by atoms with Crippen LogP contribution in [0.15, 0.2) is 51.7 Å². The Morgan fingerprint density at radius 3 is 2.31 bits per heavy atom. The van der Waals surface area contributed by atoms with Crippen LogP contribution in [0.2, 0.25) is 0 Å². The van der Waals surface area contributed by atoms with Crippen molar-refractivity contribution < 1.29 is 18.7 Å². The predicted octanol–water partition coefficient (Wildman–Crippen LogP) is 6.51. The van der Waals surface area contributed by atoms with Crippen molar-refractivity contribution in [3.8, 4) is 11.5 Å². The minimum absolute atomic E-state index is 0.0122. The lowest BCUT2D eigenvalue weighted by molar-refractivity contribution is 0.103.